The number of aryl methyl sites for hydroxylation is 1. The number of nitrogens with one attached hydrogen (secondary N) is 1. The van der Waals surface area contributed by atoms with Crippen molar-refractivity contribution in [3.05, 3.63) is 72.1 Å². The minimum atomic E-state index is -3.58. The average Bonchev–Trinajstić information content (AvgIpc) is 3.68. The second-order valence-corrected chi connectivity index (χ2v) is 14.8. The van der Waals surface area contributed by atoms with E-state index in [9.17, 15) is 18.5 Å². The Kier molecular flexibility index (Phi) is 9.15. The second-order valence-electron chi connectivity index (χ2n) is 12.9. The lowest BCUT2D eigenvalue weighted by atomic mass is 9.84. The first-order valence-electron chi connectivity index (χ1n) is 15.9. The van der Waals surface area contributed by atoms with Crippen LogP contribution in [0.3, 0.4) is 0 Å². The molecule has 2 aromatic carbocycles. The fourth-order valence-corrected chi connectivity index (χ4v) is 8.56. The lowest BCUT2D eigenvalue weighted by Crippen LogP contribution is -2.54. The van der Waals surface area contributed by atoms with Crippen molar-refractivity contribution in [3.63, 3.8) is 0 Å². The molecule has 1 amide bonds. The van der Waals surface area contributed by atoms with E-state index in [0.717, 1.165) is 70.4 Å². The maximum absolute atomic E-state index is 12.9. The lowest BCUT2D eigenvalue weighted by Gasteiger charge is -2.45. The molecular formula is C34H42N6O4S. The van der Waals surface area contributed by atoms with Crippen LogP contribution >= 0.6 is 0 Å². The first-order chi connectivity index (χ1) is 21.7. The van der Waals surface area contributed by atoms with Gasteiger partial charge in [-0.05, 0) is 85.9 Å². The minimum Gasteiger partial charge on any atom is -0.453 e. The van der Waals surface area contributed by atoms with Crippen LogP contribution in [0.25, 0.3) is 0 Å². The van der Waals surface area contributed by atoms with E-state index in [4.69, 9.17) is 4.74 Å². The average molecular weight is 631 g/mol. The standard InChI is InChI=1S/C34H42N6O4S/c1-38-23-32(19-36-38)45(42,43)31-12-10-29(11-13-31)40-21-25(22-40)20-39-15-14-27(17-30(39)18-35)26-8-6-24(7-9-26)16-28-4-3-5-33(28)37-34(41)44-2/h6-13,19,23,25,27-28,30,33H,3-5,14-17,20-22H2,1-2H3,(H,37,41). The molecule has 1 aromatic heterocycles. The molecule has 1 aliphatic carbocycles. The van der Waals surface area contributed by atoms with E-state index in [1.165, 1.54) is 35.3 Å². The molecular weight excluding hydrogens is 588 g/mol. The van der Waals surface area contributed by atoms with Gasteiger partial charge in [0, 0.05) is 50.5 Å². The molecule has 3 heterocycles. The number of carbonyl (C=O) groups excluding carboxylic acids is 1. The molecule has 6 rings (SSSR count). The van der Waals surface area contributed by atoms with Crippen LogP contribution in [0.2, 0.25) is 0 Å². The summed E-state index contributed by atoms with van der Waals surface area (Å²) in [6.45, 7) is 3.59. The van der Waals surface area contributed by atoms with Crippen LogP contribution in [0.5, 0.6) is 0 Å². The number of carbonyl (C=O) groups is 1. The Bertz CT molecular complexity index is 1630. The van der Waals surface area contributed by atoms with Crippen molar-refractivity contribution >= 4 is 21.6 Å². The highest BCUT2D eigenvalue weighted by molar-refractivity contribution is 7.91. The zero-order chi connectivity index (χ0) is 31.6. The Labute approximate surface area is 265 Å². The van der Waals surface area contributed by atoms with Crippen LogP contribution < -0.4 is 10.2 Å². The molecule has 1 saturated carbocycles. The molecule has 4 unspecified atom stereocenters. The number of hydrogen-bond acceptors (Lipinski definition) is 8. The molecule has 3 fully saturated rings. The number of sulfone groups is 1. The molecule has 2 saturated heterocycles. The van der Waals surface area contributed by atoms with Crippen molar-refractivity contribution in [3.8, 4) is 6.07 Å². The number of aromatic nitrogens is 2. The number of nitriles is 1. The van der Waals surface area contributed by atoms with E-state index in [0.29, 0.717) is 17.8 Å². The monoisotopic (exact) mass is 630 g/mol. The first kappa shape index (κ1) is 31.1. The topological polar surface area (TPSA) is 121 Å². The summed E-state index contributed by atoms with van der Waals surface area (Å²) in [4.78, 5) is 16.8. The smallest absolute Gasteiger partial charge is 0.407 e. The number of ether oxygens (including phenoxy) is 1. The van der Waals surface area contributed by atoms with E-state index in [1.54, 1.807) is 19.2 Å². The van der Waals surface area contributed by atoms with E-state index in [-0.39, 0.29) is 28.0 Å². The summed E-state index contributed by atoms with van der Waals surface area (Å²) in [5, 5.41) is 17.0. The molecule has 0 radical (unpaired) electrons. The minimum absolute atomic E-state index is 0.0990. The van der Waals surface area contributed by atoms with Gasteiger partial charge in [0.2, 0.25) is 9.84 Å². The molecule has 3 aromatic rings. The number of likely N-dealkylation sites (tertiary alicyclic amines) is 1. The zero-order valence-corrected chi connectivity index (χ0v) is 26.8. The summed E-state index contributed by atoms with van der Waals surface area (Å²) in [7, 11) is -0.475. The quantitative estimate of drug-likeness (QED) is 0.366. The number of benzene rings is 2. The molecule has 1 N–H and O–H groups in total. The van der Waals surface area contributed by atoms with Gasteiger partial charge < -0.3 is 15.0 Å². The number of hydrogen-bond donors (Lipinski definition) is 1. The van der Waals surface area contributed by atoms with Crippen molar-refractivity contribution < 1.29 is 17.9 Å². The Hall–Kier alpha value is -3.88. The van der Waals surface area contributed by atoms with Crippen LogP contribution in [0.1, 0.15) is 49.1 Å². The van der Waals surface area contributed by atoms with Gasteiger partial charge in [0.25, 0.3) is 0 Å². The third-order valence-electron chi connectivity index (χ3n) is 9.91. The molecule has 45 heavy (non-hydrogen) atoms. The lowest BCUT2D eigenvalue weighted by molar-refractivity contribution is 0.135. The molecule has 3 aliphatic rings. The first-order valence-corrected chi connectivity index (χ1v) is 17.4. The zero-order valence-electron chi connectivity index (χ0n) is 26.0. The van der Waals surface area contributed by atoms with Crippen LogP contribution in [0.4, 0.5) is 10.5 Å². The van der Waals surface area contributed by atoms with Gasteiger partial charge in [-0.3, -0.25) is 9.58 Å². The molecule has 10 nitrogen and oxygen atoms in total. The molecule has 4 atom stereocenters. The van der Waals surface area contributed by atoms with E-state index < -0.39 is 9.84 Å². The van der Waals surface area contributed by atoms with Crippen molar-refractivity contribution in [2.24, 2.45) is 18.9 Å². The summed E-state index contributed by atoms with van der Waals surface area (Å²) in [5.41, 5.74) is 3.60. The van der Waals surface area contributed by atoms with Gasteiger partial charge >= 0.3 is 6.09 Å². The number of piperidine rings is 1. The van der Waals surface area contributed by atoms with Crippen molar-refractivity contribution in [2.45, 2.75) is 66.3 Å². The van der Waals surface area contributed by atoms with E-state index in [2.05, 4.69) is 50.5 Å². The molecule has 11 heteroatoms. The Morgan fingerprint density at radius 1 is 1.07 bits per heavy atom. The van der Waals surface area contributed by atoms with Gasteiger partial charge in [-0.15, -0.1) is 0 Å². The third-order valence-corrected chi connectivity index (χ3v) is 11.6. The highest BCUT2D eigenvalue weighted by Crippen LogP contribution is 2.35. The molecule has 238 valence electrons. The van der Waals surface area contributed by atoms with Gasteiger partial charge in [0.05, 0.1) is 30.3 Å². The number of anilines is 1. The van der Waals surface area contributed by atoms with E-state index >= 15 is 0 Å². The van der Waals surface area contributed by atoms with Gasteiger partial charge in [0.15, 0.2) is 0 Å². The van der Waals surface area contributed by atoms with Gasteiger partial charge in [0.1, 0.15) is 4.90 Å². The third kappa shape index (κ3) is 6.87. The summed E-state index contributed by atoms with van der Waals surface area (Å²) in [6, 6.07) is 18.6. The van der Waals surface area contributed by atoms with Crippen molar-refractivity contribution in [2.75, 3.05) is 38.2 Å². The maximum Gasteiger partial charge on any atom is 0.407 e. The van der Waals surface area contributed by atoms with Crippen LogP contribution in [-0.4, -0.2) is 74.6 Å². The molecule has 2 aliphatic heterocycles. The van der Waals surface area contributed by atoms with Gasteiger partial charge in [-0.1, -0.05) is 30.7 Å². The molecule has 0 spiro atoms. The highest BCUT2D eigenvalue weighted by atomic mass is 32.2. The van der Waals surface area contributed by atoms with Crippen LogP contribution in [0, 0.1) is 23.2 Å². The van der Waals surface area contributed by atoms with Crippen molar-refractivity contribution in [1.29, 1.82) is 5.26 Å². The normalized spacial score (nSPS) is 24.2. The fourth-order valence-electron chi connectivity index (χ4n) is 7.32. The van der Waals surface area contributed by atoms with E-state index in [1.807, 2.05) is 12.1 Å². The number of rotatable bonds is 9. The number of amides is 1. The Morgan fingerprint density at radius 2 is 1.82 bits per heavy atom. The Morgan fingerprint density at radius 3 is 2.49 bits per heavy atom. The largest absolute Gasteiger partial charge is 0.453 e. The molecule has 0 bridgehead atoms. The SMILES string of the molecule is COC(=O)NC1CCCC1Cc1ccc(C2CCN(CC3CN(c4ccc(S(=O)(=O)c5cnn(C)c5)cc4)C3)C(C#N)C2)cc1. The van der Waals surface area contributed by atoms with Gasteiger partial charge in [-0.2, -0.15) is 10.4 Å². The number of alkyl carbamates (subject to hydrolysis) is 1. The highest BCUT2D eigenvalue weighted by Gasteiger charge is 2.35. The summed E-state index contributed by atoms with van der Waals surface area (Å²) in [6.07, 6.45) is 8.59. The fraction of sp³-hybridized carbons (Fsp3) is 0.500. The summed E-state index contributed by atoms with van der Waals surface area (Å²) < 4.78 is 32.0. The van der Waals surface area contributed by atoms with Gasteiger partial charge in [-0.25, -0.2) is 13.2 Å². The van der Waals surface area contributed by atoms with Crippen LogP contribution in [0.15, 0.2) is 70.7 Å². The predicted octanol–water partition coefficient (Wildman–Crippen LogP) is 4.53. The van der Waals surface area contributed by atoms with Crippen LogP contribution in [-0.2, 0) is 28.0 Å². The van der Waals surface area contributed by atoms with Crippen molar-refractivity contribution in [1.82, 2.24) is 20.0 Å². The summed E-state index contributed by atoms with van der Waals surface area (Å²) in [5.74, 6) is 1.28. The number of nitrogens with zero attached hydrogens (tertiary/aromatic N) is 5. The second kappa shape index (κ2) is 13.2. The summed E-state index contributed by atoms with van der Waals surface area (Å²) >= 11 is 0. The predicted molar refractivity (Wildman–Crippen MR) is 171 cm³/mol. The Balaban J connectivity index is 0.980. The maximum atomic E-state index is 12.9. The number of methoxy groups -OCH3 is 1.